The molecule has 0 spiro atoms. The molecule has 3 N–H and O–H groups in total. The van der Waals surface area contributed by atoms with Crippen molar-refractivity contribution in [3.8, 4) is 0 Å². The molecule has 1 aliphatic carbocycles. The topological polar surface area (TPSA) is 52.2 Å². The minimum atomic E-state index is -4.27. The Bertz CT molecular complexity index is 933. The van der Waals surface area contributed by atoms with Crippen LogP contribution in [-0.2, 0) is 0 Å². The van der Waals surface area contributed by atoms with Crippen LogP contribution in [0.15, 0.2) is 55.7 Å². The van der Waals surface area contributed by atoms with Gasteiger partial charge in [-0.25, -0.2) is 13.8 Å². The van der Waals surface area contributed by atoms with Crippen LogP contribution in [0.1, 0.15) is 112 Å². The van der Waals surface area contributed by atoms with Crippen molar-refractivity contribution < 1.29 is 22.0 Å². The van der Waals surface area contributed by atoms with Crippen molar-refractivity contribution in [2.45, 2.75) is 125 Å². The van der Waals surface area contributed by atoms with Crippen molar-refractivity contribution >= 4 is 5.82 Å². The van der Waals surface area contributed by atoms with E-state index in [1.165, 1.54) is 6.42 Å². The van der Waals surface area contributed by atoms with E-state index in [1.54, 1.807) is 24.2 Å². The van der Waals surface area contributed by atoms with E-state index in [-0.39, 0.29) is 25.4 Å². The molecule has 1 aliphatic heterocycles. The summed E-state index contributed by atoms with van der Waals surface area (Å²) in [5.41, 5.74) is 2.30. The van der Waals surface area contributed by atoms with E-state index in [0.29, 0.717) is 29.9 Å². The highest BCUT2D eigenvalue weighted by Crippen LogP contribution is 2.33. The smallest absolute Gasteiger partial charge is 0.385 e. The molecule has 1 aromatic rings. The van der Waals surface area contributed by atoms with E-state index in [1.807, 2.05) is 32.9 Å². The van der Waals surface area contributed by atoms with Crippen molar-refractivity contribution in [1.29, 1.82) is 0 Å². The van der Waals surface area contributed by atoms with Gasteiger partial charge in [0.25, 0.3) is 0 Å². The Morgan fingerprint density at radius 1 is 1.16 bits per heavy atom. The minimum absolute atomic E-state index is 0.118. The van der Waals surface area contributed by atoms with Crippen molar-refractivity contribution in [3.05, 3.63) is 61.2 Å². The predicted molar refractivity (Wildman–Crippen MR) is 178 cm³/mol. The zero-order valence-corrected chi connectivity index (χ0v) is 28.7. The van der Waals surface area contributed by atoms with Gasteiger partial charge >= 0.3 is 6.18 Å². The van der Waals surface area contributed by atoms with Crippen LogP contribution in [0, 0.1) is 5.41 Å². The van der Waals surface area contributed by atoms with Gasteiger partial charge in [-0.2, -0.15) is 13.2 Å². The zero-order valence-electron chi connectivity index (χ0n) is 28.7. The van der Waals surface area contributed by atoms with Crippen LogP contribution in [0.5, 0.6) is 0 Å². The van der Waals surface area contributed by atoms with Gasteiger partial charge in [-0.3, -0.25) is 0 Å². The van der Waals surface area contributed by atoms with Crippen molar-refractivity contribution in [2.75, 3.05) is 25.5 Å². The summed E-state index contributed by atoms with van der Waals surface area (Å²) in [5.74, 6) is -1.35. The van der Waals surface area contributed by atoms with Crippen LogP contribution >= 0.6 is 0 Å². The first-order valence-corrected chi connectivity index (χ1v) is 15.7. The average molecular weight is 634 g/mol. The number of nitrogens with zero attached hydrogens (tertiary/aromatic N) is 2. The van der Waals surface area contributed by atoms with Crippen molar-refractivity contribution in [2.24, 2.45) is 5.41 Å². The maximum Gasteiger partial charge on any atom is 0.410 e. The molecule has 5 nitrogen and oxygen atoms in total. The maximum absolute atomic E-state index is 12.7. The number of hydrogen-bond donors (Lipinski definition) is 3. The molecular weight excluding hydrogens is 573 g/mol. The van der Waals surface area contributed by atoms with E-state index in [2.05, 4.69) is 75.3 Å². The van der Waals surface area contributed by atoms with Gasteiger partial charge in [0.2, 0.25) is 5.92 Å². The summed E-state index contributed by atoms with van der Waals surface area (Å²) in [6.07, 6.45) is 4.13. The third-order valence-electron chi connectivity index (χ3n) is 6.28. The Hall–Kier alpha value is -2.78. The highest BCUT2D eigenvalue weighted by molar-refractivity contribution is 5.38. The van der Waals surface area contributed by atoms with Gasteiger partial charge in [-0.05, 0) is 49.3 Å². The summed E-state index contributed by atoms with van der Waals surface area (Å²) in [6, 6.07) is 1.83. The lowest BCUT2D eigenvalue weighted by molar-refractivity contribution is -0.150. The van der Waals surface area contributed by atoms with Gasteiger partial charge < -0.3 is 20.9 Å². The van der Waals surface area contributed by atoms with Crippen LogP contribution in [-0.4, -0.2) is 48.2 Å². The monoisotopic (exact) mass is 633 g/mol. The summed E-state index contributed by atoms with van der Waals surface area (Å²) >= 11 is 0. The molecule has 0 bridgehead atoms. The van der Waals surface area contributed by atoms with Gasteiger partial charge in [0.15, 0.2) is 0 Å². The Labute approximate surface area is 264 Å². The Morgan fingerprint density at radius 2 is 1.70 bits per heavy atom. The van der Waals surface area contributed by atoms with Gasteiger partial charge in [0.05, 0.1) is 11.9 Å². The molecule has 2 atom stereocenters. The molecular formula is C34H60F5N5. The van der Waals surface area contributed by atoms with E-state index in [0.717, 1.165) is 30.6 Å². The first-order chi connectivity index (χ1) is 20.4. The lowest BCUT2D eigenvalue weighted by atomic mass is 9.91. The minimum Gasteiger partial charge on any atom is -0.385 e. The molecule has 0 amide bonds. The summed E-state index contributed by atoms with van der Waals surface area (Å²) in [5, 5.41) is 8.48. The number of rotatable bonds is 7. The fraction of sp³-hybridized carbons (Fsp3) is 0.676. The normalized spacial score (nSPS) is 17.7. The molecule has 2 fully saturated rings. The number of anilines is 1. The molecule has 3 rings (SSSR count). The fourth-order valence-electron chi connectivity index (χ4n) is 4.23. The van der Waals surface area contributed by atoms with Crippen LogP contribution in [0.4, 0.5) is 27.8 Å². The average Bonchev–Trinajstić information content (AvgIpc) is 3.35. The highest BCUT2D eigenvalue weighted by Gasteiger charge is 2.45. The van der Waals surface area contributed by atoms with Crippen molar-refractivity contribution in [3.63, 3.8) is 0 Å². The number of halogens is 5. The Morgan fingerprint density at radius 3 is 2.09 bits per heavy atom. The second-order valence-corrected chi connectivity index (χ2v) is 11.9. The number of nitrogens with one attached hydrogen (secondary N) is 3. The molecule has 2 aliphatic rings. The van der Waals surface area contributed by atoms with Gasteiger partial charge in [0, 0.05) is 44.9 Å². The van der Waals surface area contributed by atoms with Crippen LogP contribution < -0.4 is 16.0 Å². The standard InChI is InChI=1S/C13H17F3N4.C10H19N.C6H10F2.C3H8.C2H6/c1-8(10-4-5-18-12(6-10)17-3)20-7-11(13(14,15)16)19-9(20)2;1-6-7-11-9(2)8-10(3,4)5;7-6(8)4-2-1-3-5-6;1-3-2;1-2/h4-6,8,11,19H,2,7H2,1,3H3,(H,17,18);6,11H,1-2,7-8H2,3-5H3;1-5H2;3H2,1-2H3;1-2H3. The van der Waals surface area contributed by atoms with Gasteiger partial charge in [-0.15, -0.1) is 6.58 Å². The third-order valence-corrected chi connectivity index (χ3v) is 6.28. The first kappa shape index (κ1) is 43.3. The SMILES string of the molecule is C=C1NC(C(F)(F)F)CN1C(C)c1ccnc(NC)c1.C=CCNC(=C)CC(C)(C)C.CC.CCC.FC1(F)CCCCC1. The number of alkyl halides is 5. The van der Waals surface area contributed by atoms with Gasteiger partial charge in [0.1, 0.15) is 11.9 Å². The predicted octanol–water partition coefficient (Wildman–Crippen LogP) is 10.2. The summed E-state index contributed by atoms with van der Waals surface area (Å²) in [6.45, 7) is 28.6. The number of allylic oxidation sites excluding steroid dienone is 1. The lowest BCUT2D eigenvalue weighted by Gasteiger charge is -2.26. The summed E-state index contributed by atoms with van der Waals surface area (Å²) in [7, 11) is 1.74. The van der Waals surface area contributed by atoms with Crippen LogP contribution in [0.3, 0.4) is 0 Å². The zero-order chi connectivity index (χ0) is 34.6. The Kier molecular flexibility index (Phi) is 21.5. The number of pyridine rings is 1. The number of aromatic nitrogens is 1. The van der Waals surface area contributed by atoms with Crippen LogP contribution in [0.2, 0.25) is 0 Å². The Balaban J connectivity index is 0. The lowest BCUT2D eigenvalue weighted by Crippen LogP contribution is -2.39. The van der Waals surface area contributed by atoms with Gasteiger partial charge in [-0.1, -0.05) is 80.5 Å². The molecule has 0 aromatic carbocycles. The quantitative estimate of drug-likeness (QED) is 0.206. The van der Waals surface area contributed by atoms with Crippen LogP contribution in [0.25, 0.3) is 0 Å². The molecule has 0 radical (unpaired) electrons. The maximum atomic E-state index is 12.7. The molecule has 1 saturated heterocycles. The fourth-order valence-corrected chi connectivity index (χ4v) is 4.23. The molecule has 2 unspecified atom stereocenters. The summed E-state index contributed by atoms with van der Waals surface area (Å²) < 4.78 is 62.6. The van der Waals surface area contributed by atoms with E-state index >= 15 is 0 Å². The highest BCUT2D eigenvalue weighted by atomic mass is 19.4. The first-order valence-electron chi connectivity index (χ1n) is 15.7. The summed E-state index contributed by atoms with van der Waals surface area (Å²) in [4.78, 5) is 5.71. The van der Waals surface area contributed by atoms with E-state index < -0.39 is 18.1 Å². The second kappa shape index (κ2) is 21.8. The molecule has 1 aromatic heterocycles. The molecule has 1 saturated carbocycles. The van der Waals surface area contributed by atoms with Crippen molar-refractivity contribution in [1.82, 2.24) is 20.5 Å². The molecule has 10 heteroatoms. The largest absolute Gasteiger partial charge is 0.410 e. The number of hydrogen-bond acceptors (Lipinski definition) is 5. The molecule has 2 heterocycles. The second-order valence-electron chi connectivity index (χ2n) is 11.9. The van der Waals surface area contributed by atoms with E-state index in [9.17, 15) is 22.0 Å². The molecule has 256 valence electrons. The third kappa shape index (κ3) is 19.5. The van der Waals surface area contributed by atoms with E-state index in [4.69, 9.17) is 0 Å². The molecule has 44 heavy (non-hydrogen) atoms.